The largest absolute Gasteiger partial charge is 0.0648 e. The Bertz CT molecular complexity index is 475. The number of benzene rings is 1. The van der Waals surface area contributed by atoms with Crippen molar-refractivity contribution < 1.29 is 0 Å². The molecule has 2 fully saturated rings. The number of hydrogen-bond donors (Lipinski definition) is 0. The van der Waals surface area contributed by atoms with Crippen molar-refractivity contribution in [2.45, 2.75) is 64.2 Å². The third kappa shape index (κ3) is 1.65. The average molecular weight is 253 g/mol. The third-order valence-electron chi connectivity index (χ3n) is 6.80. The highest BCUT2D eigenvalue weighted by Crippen LogP contribution is 2.62. The Morgan fingerprint density at radius 3 is 3.11 bits per heavy atom. The molecule has 0 bridgehead atoms. The topological polar surface area (TPSA) is 0 Å². The van der Waals surface area contributed by atoms with E-state index in [1.165, 1.54) is 51.4 Å². The van der Waals surface area contributed by atoms with E-state index in [-0.39, 0.29) is 0 Å². The van der Waals surface area contributed by atoms with Crippen LogP contribution in [0, 0.1) is 23.3 Å². The van der Waals surface area contributed by atoms with Gasteiger partial charge in [-0.1, -0.05) is 38.0 Å². The van der Waals surface area contributed by atoms with Gasteiger partial charge in [-0.3, -0.25) is 0 Å². The first kappa shape index (κ1) is 12.0. The lowest BCUT2D eigenvalue weighted by molar-refractivity contribution is 0.0409. The van der Waals surface area contributed by atoms with Crippen LogP contribution in [0.4, 0.5) is 0 Å². The lowest BCUT2D eigenvalue weighted by Crippen LogP contribution is -2.40. The van der Waals surface area contributed by atoms with Crippen LogP contribution in [-0.2, 0) is 6.42 Å². The monoisotopic (exact) mass is 253 g/mol. The van der Waals surface area contributed by atoms with E-state index in [9.17, 15) is 0 Å². The van der Waals surface area contributed by atoms with E-state index in [0.717, 1.165) is 23.2 Å². The molecule has 0 nitrogen and oxygen atoms in total. The lowest BCUT2D eigenvalue weighted by Gasteiger charge is -2.50. The van der Waals surface area contributed by atoms with Gasteiger partial charge in [-0.05, 0) is 78.9 Å². The Labute approximate surface area is 117 Å². The van der Waals surface area contributed by atoms with Crippen LogP contribution in [-0.4, -0.2) is 0 Å². The molecule has 3 aliphatic carbocycles. The molecule has 0 amide bonds. The molecule has 4 atom stereocenters. The van der Waals surface area contributed by atoms with Gasteiger partial charge in [0.05, 0.1) is 0 Å². The molecule has 101 valence electrons. The maximum atomic E-state index is 3.28. The van der Waals surface area contributed by atoms with Gasteiger partial charge in [-0.15, -0.1) is 0 Å². The molecule has 3 aliphatic rings. The zero-order valence-corrected chi connectivity index (χ0v) is 12.1. The molecule has 1 aromatic rings. The zero-order valence-electron chi connectivity index (χ0n) is 12.1. The van der Waals surface area contributed by atoms with Crippen LogP contribution in [0.2, 0.25) is 0 Å². The van der Waals surface area contributed by atoms with Crippen LogP contribution in [0.15, 0.2) is 18.2 Å². The summed E-state index contributed by atoms with van der Waals surface area (Å²) in [5.74, 6) is 2.90. The smallest absolute Gasteiger partial charge is 0.0128 e. The minimum atomic E-state index is 0.736. The normalized spacial score (nSPS) is 40.4. The Balaban J connectivity index is 1.71. The summed E-state index contributed by atoms with van der Waals surface area (Å²) >= 11 is 0. The maximum Gasteiger partial charge on any atom is -0.0128 e. The first-order valence-corrected chi connectivity index (χ1v) is 8.33. The molecule has 1 radical (unpaired) electrons. The highest BCUT2D eigenvalue weighted by molar-refractivity contribution is 5.34. The fourth-order valence-corrected chi connectivity index (χ4v) is 5.86. The summed E-state index contributed by atoms with van der Waals surface area (Å²) in [6.45, 7) is 2.45. The van der Waals surface area contributed by atoms with Crippen LogP contribution in [0.25, 0.3) is 0 Å². The van der Waals surface area contributed by atoms with Crippen LogP contribution in [0.5, 0.6) is 0 Å². The molecule has 0 spiro atoms. The Morgan fingerprint density at radius 1 is 1.26 bits per heavy atom. The second-order valence-corrected chi connectivity index (χ2v) is 7.19. The number of hydrogen-bond acceptors (Lipinski definition) is 0. The molecular formula is C19H25. The summed E-state index contributed by atoms with van der Waals surface area (Å²) in [6, 6.07) is 10.0. The summed E-state index contributed by atoms with van der Waals surface area (Å²) < 4.78 is 0. The number of rotatable bonds is 1. The lowest BCUT2D eigenvalue weighted by atomic mass is 9.54. The minimum Gasteiger partial charge on any atom is -0.0648 e. The molecule has 1 aromatic carbocycles. The van der Waals surface area contributed by atoms with Gasteiger partial charge in [0.15, 0.2) is 0 Å². The Morgan fingerprint density at radius 2 is 2.21 bits per heavy atom. The summed E-state index contributed by atoms with van der Waals surface area (Å²) in [4.78, 5) is 0. The van der Waals surface area contributed by atoms with Crippen LogP contribution < -0.4 is 0 Å². The van der Waals surface area contributed by atoms with Gasteiger partial charge in [-0.25, -0.2) is 0 Å². The molecule has 0 heteroatoms. The van der Waals surface area contributed by atoms with E-state index in [1.807, 2.05) is 0 Å². The zero-order chi connectivity index (χ0) is 12.9. The number of aryl methyl sites for hydroxylation is 1. The average Bonchev–Trinajstić information content (AvgIpc) is 2.91. The molecule has 2 saturated carbocycles. The Hall–Kier alpha value is -0.780. The quantitative estimate of drug-likeness (QED) is 0.651. The highest BCUT2D eigenvalue weighted by atomic mass is 14.6. The van der Waals surface area contributed by atoms with Gasteiger partial charge in [0.1, 0.15) is 0 Å². The van der Waals surface area contributed by atoms with Crippen LogP contribution in [0.1, 0.15) is 68.9 Å². The molecule has 0 aliphatic heterocycles. The van der Waals surface area contributed by atoms with E-state index in [2.05, 4.69) is 31.2 Å². The maximum absolute atomic E-state index is 3.28. The van der Waals surface area contributed by atoms with E-state index in [1.54, 1.807) is 11.1 Å². The molecule has 0 heterocycles. The van der Waals surface area contributed by atoms with E-state index < -0.39 is 0 Å². The fraction of sp³-hybridized carbons (Fsp3) is 0.684. The van der Waals surface area contributed by atoms with Crippen molar-refractivity contribution in [1.82, 2.24) is 0 Å². The first-order valence-electron chi connectivity index (χ1n) is 8.33. The van der Waals surface area contributed by atoms with Gasteiger partial charge < -0.3 is 0 Å². The van der Waals surface area contributed by atoms with Crippen molar-refractivity contribution in [2.75, 3.05) is 0 Å². The standard InChI is InChI=1S/C19H25/c1-2-19-12-5-8-18(19)17-10-9-14-6-3-4-7-15(14)16(17)11-13-19/h4,6-7,16-18H,2,5,8-13H2,1H3/t16-,17-,18+,19+/m1/s1. The van der Waals surface area contributed by atoms with Crippen LogP contribution >= 0.6 is 0 Å². The van der Waals surface area contributed by atoms with Crippen LogP contribution in [0.3, 0.4) is 0 Å². The van der Waals surface area contributed by atoms with Gasteiger partial charge in [0.25, 0.3) is 0 Å². The molecule has 4 rings (SSSR count). The van der Waals surface area contributed by atoms with Gasteiger partial charge >= 0.3 is 0 Å². The summed E-state index contributed by atoms with van der Waals surface area (Å²) in [7, 11) is 0. The van der Waals surface area contributed by atoms with Gasteiger partial charge in [0, 0.05) is 0 Å². The predicted octanol–water partition coefficient (Wildman–Crippen LogP) is 5.12. The van der Waals surface area contributed by atoms with Crippen molar-refractivity contribution in [3.8, 4) is 0 Å². The minimum absolute atomic E-state index is 0.736. The first-order chi connectivity index (χ1) is 9.34. The SMILES string of the molecule is CC[C@@]12CCC[C@H]1[C@@H]1CCc3c[c]ccc3[C@H]1CC2. The molecule has 0 saturated heterocycles. The van der Waals surface area contributed by atoms with E-state index in [4.69, 9.17) is 0 Å². The second-order valence-electron chi connectivity index (χ2n) is 7.19. The molecule has 0 unspecified atom stereocenters. The molecule has 0 aromatic heterocycles. The van der Waals surface area contributed by atoms with Crippen molar-refractivity contribution in [3.63, 3.8) is 0 Å². The third-order valence-corrected chi connectivity index (χ3v) is 6.80. The van der Waals surface area contributed by atoms with Crippen molar-refractivity contribution in [2.24, 2.45) is 17.3 Å². The number of fused-ring (bicyclic) bond motifs is 5. The van der Waals surface area contributed by atoms with E-state index >= 15 is 0 Å². The predicted molar refractivity (Wildman–Crippen MR) is 79.1 cm³/mol. The summed E-state index contributed by atoms with van der Waals surface area (Å²) in [5, 5.41) is 0. The van der Waals surface area contributed by atoms with Crippen molar-refractivity contribution in [3.05, 3.63) is 35.4 Å². The summed E-state index contributed by atoms with van der Waals surface area (Å²) in [6.07, 6.45) is 11.7. The summed E-state index contributed by atoms with van der Waals surface area (Å²) in [5.41, 5.74) is 4.02. The molecule has 0 N–H and O–H groups in total. The van der Waals surface area contributed by atoms with Crippen molar-refractivity contribution in [1.29, 1.82) is 0 Å². The van der Waals surface area contributed by atoms with Gasteiger partial charge in [-0.2, -0.15) is 0 Å². The van der Waals surface area contributed by atoms with E-state index in [0.29, 0.717) is 0 Å². The molecular weight excluding hydrogens is 228 g/mol. The second kappa shape index (κ2) is 4.36. The Kier molecular flexibility index (Phi) is 2.76. The van der Waals surface area contributed by atoms with Crippen molar-refractivity contribution >= 4 is 0 Å². The molecule has 19 heavy (non-hydrogen) atoms. The fourth-order valence-electron chi connectivity index (χ4n) is 5.86. The highest BCUT2D eigenvalue weighted by Gasteiger charge is 2.51. The van der Waals surface area contributed by atoms with Gasteiger partial charge in [0.2, 0.25) is 0 Å².